The number of carbonyl (C=O) groups is 1. The molecule has 1 heterocycles. The monoisotopic (exact) mass is 334 g/mol. The Hall–Kier alpha value is -1.52. The molecule has 0 atom stereocenters. The lowest BCUT2D eigenvalue weighted by Crippen LogP contribution is -2.38. The predicted octanol–water partition coefficient (Wildman–Crippen LogP) is 3.97. The zero-order valence-corrected chi connectivity index (χ0v) is 15.6. The van der Waals surface area contributed by atoms with Crippen molar-refractivity contribution in [3.05, 3.63) is 17.7 Å². The lowest BCUT2D eigenvalue weighted by atomic mass is 9.96. The molecule has 2 N–H and O–H groups in total. The highest BCUT2D eigenvalue weighted by Crippen LogP contribution is 2.28. The zero-order valence-electron chi connectivity index (χ0n) is 15.6. The molecule has 0 saturated heterocycles. The second kappa shape index (κ2) is 9.70. The van der Waals surface area contributed by atoms with Gasteiger partial charge in [-0.3, -0.25) is 0 Å². The van der Waals surface area contributed by atoms with Crippen LogP contribution >= 0.6 is 0 Å². The van der Waals surface area contributed by atoms with E-state index in [-0.39, 0.29) is 6.03 Å². The predicted molar refractivity (Wildman–Crippen MR) is 98.3 cm³/mol. The number of imidazole rings is 1. The van der Waals surface area contributed by atoms with Gasteiger partial charge in [-0.25, -0.2) is 9.78 Å². The zero-order chi connectivity index (χ0) is 17.4. The number of rotatable bonds is 6. The molecule has 1 aliphatic carbocycles. The van der Waals surface area contributed by atoms with E-state index in [1.54, 1.807) is 0 Å². The summed E-state index contributed by atoms with van der Waals surface area (Å²) in [5, 5.41) is 5.83. The summed E-state index contributed by atoms with van der Waals surface area (Å²) in [4.78, 5) is 16.4. The molecule has 0 spiro atoms. The molecule has 1 saturated carbocycles. The molecule has 5 nitrogen and oxygen atoms in total. The topological polar surface area (TPSA) is 59.0 Å². The van der Waals surface area contributed by atoms with Gasteiger partial charge >= 0.3 is 6.03 Å². The van der Waals surface area contributed by atoms with Crippen LogP contribution in [0.4, 0.5) is 4.79 Å². The van der Waals surface area contributed by atoms with Crippen LogP contribution in [-0.2, 0) is 6.42 Å². The van der Waals surface area contributed by atoms with Crippen molar-refractivity contribution in [3.8, 4) is 0 Å². The van der Waals surface area contributed by atoms with Crippen LogP contribution in [-0.4, -0.2) is 28.7 Å². The van der Waals surface area contributed by atoms with Gasteiger partial charge in [-0.05, 0) is 25.7 Å². The first-order valence-corrected chi connectivity index (χ1v) is 9.62. The Labute approximate surface area is 146 Å². The van der Waals surface area contributed by atoms with E-state index in [9.17, 15) is 4.79 Å². The van der Waals surface area contributed by atoms with Crippen molar-refractivity contribution in [2.75, 3.05) is 13.1 Å². The summed E-state index contributed by atoms with van der Waals surface area (Å²) in [6, 6.07) is 0.502. The third-order valence-electron chi connectivity index (χ3n) is 4.80. The van der Waals surface area contributed by atoms with Crippen molar-refractivity contribution < 1.29 is 4.79 Å². The first-order chi connectivity index (χ1) is 11.6. The molecular formula is C19H34N4O. The molecule has 0 aromatic carbocycles. The van der Waals surface area contributed by atoms with E-state index in [2.05, 4.69) is 41.0 Å². The van der Waals surface area contributed by atoms with Crippen molar-refractivity contribution >= 4 is 6.03 Å². The summed E-state index contributed by atoms with van der Waals surface area (Å²) in [5.74, 6) is 1.58. The van der Waals surface area contributed by atoms with Crippen LogP contribution in [0.1, 0.15) is 76.4 Å². The van der Waals surface area contributed by atoms with Crippen LogP contribution < -0.4 is 10.6 Å². The maximum atomic E-state index is 11.8. The molecule has 1 fully saturated rings. The van der Waals surface area contributed by atoms with E-state index < -0.39 is 0 Å². The molecule has 2 amide bonds. The van der Waals surface area contributed by atoms with Gasteiger partial charge in [0.15, 0.2) is 0 Å². The van der Waals surface area contributed by atoms with E-state index in [1.807, 2.05) is 6.20 Å². The highest BCUT2D eigenvalue weighted by atomic mass is 16.2. The summed E-state index contributed by atoms with van der Waals surface area (Å²) < 4.78 is 2.43. The Morgan fingerprint density at radius 1 is 1.21 bits per heavy atom. The number of hydrogen-bond donors (Lipinski definition) is 2. The maximum Gasteiger partial charge on any atom is 0.314 e. The minimum Gasteiger partial charge on any atom is -0.338 e. The highest BCUT2D eigenvalue weighted by Gasteiger charge is 2.18. The van der Waals surface area contributed by atoms with E-state index in [1.165, 1.54) is 50.6 Å². The number of aryl methyl sites for hydroxylation is 1. The van der Waals surface area contributed by atoms with Crippen LogP contribution in [0, 0.1) is 12.8 Å². The Morgan fingerprint density at radius 2 is 1.88 bits per heavy atom. The van der Waals surface area contributed by atoms with Gasteiger partial charge in [0.1, 0.15) is 5.82 Å². The van der Waals surface area contributed by atoms with Gasteiger partial charge in [-0.2, -0.15) is 0 Å². The molecule has 1 aromatic rings. The van der Waals surface area contributed by atoms with Crippen molar-refractivity contribution in [2.45, 2.75) is 78.2 Å². The number of nitrogens with one attached hydrogen (secondary N) is 2. The number of nitrogens with zero attached hydrogens (tertiary/aromatic N) is 2. The van der Waals surface area contributed by atoms with Gasteiger partial charge in [0.25, 0.3) is 0 Å². The first-order valence-electron chi connectivity index (χ1n) is 9.62. The van der Waals surface area contributed by atoms with Crippen molar-refractivity contribution in [3.63, 3.8) is 0 Å². The second-order valence-corrected chi connectivity index (χ2v) is 7.47. The smallest absolute Gasteiger partial charge is 0.314 e. The van der Waals surface area contributed by atoms with Gasteiger partial charge < -0.3 is 15.2 Å². The van der Waals surface area contributed by atoms with Crippen LogP contribution in [0.3, 0.4) is 0 Å². The highest BCUT2D eigenvalue weighted by molar-refractivity contribution is 5.73. The average molecular weight is 335 g/mol. The molecule has 2 rings (SSSR count). The Kier molecular flexibility index (Phi) is 7.60. The van der Waals surface area contributed by atoms with Gasteiger partial charge in [0.2, 0.25) is 0 Å². The molecule has 5 heteroatoms. The first kappa shape index (κ1) is 18.8. The summed E-state index contributed by atoms with van der Waals surface area (Å²) in [5.41, 5.74) is 1.25. The standard InChI is InChI=1S/C19H34N4O/c1-15(2)13-22-19(24)20-12-11-18-21-14-16(3)23(18)17-9-7-5-4-6-8-10-17/h14-15,17H,4-13H2,1-3H3,(H2,20,22,24). The fourth-order valence-corrected chi connectivity index (χ4v) is 3.52. The quantitative estimate of drug-likeness (QED) is 0.827. The summed E-state index contributed by atoms with van der Waals surface area (Å²) >= 11 is 0. The summed E-state index contributed by atoms with van der Waals surface area (Å²) in [7, 11) is 0. The average Bonchev–Trinajstić information content (AvgIpc) is 2.86. The Morgan fingerprint density at radius 3 is 2.54 bits per heavy atom. The normalized spacial score (nSPS) is 16.7. The molecule has 0 bridgehead atoms. The Bertz CT molecular complexity index is 501. The van der Waals surface area contributed by atoms with E-state index in [0.717, 1.165) is 12.2 Å². The van der Waals surface area contributed by atoms with Crippen molar-refractivity contribution in [2.24, 2.45) is 5.92 Å². The molecule has 0 unspecified atom stereocenters. The molecule has 24 heavy (non-hydrogen) atoms. The van der Waals surface area contributed by atoms with Crippen LogP contribution in [0.25, 0.3) is 0 Å². The van der Waals surface area contributed by atoms with E-state index in [0.29, 0.717) is 25.0 Å². The number of aromatic nitrogens is 2. The fourth-order valence-electron chi connectivity index (χ4n) is 3.52. The molecule has 0 radical (unpaired) electrons. The van der Waals surface area contributed by atoms with Crippen LogP contribution in [0.15, 0.2) is 6.20 Å². The van der Waals surface area contributed by atoms with Crippen LogP contribution in [0.5, 0.6) is 0 Å². The summed E-state index contributed by atoms with van der Waals surface area (Å²) in [6.45, 7) is 7.68. The fraction of sp³-hybridized carbons (Fsp3) is 0.789. The van der Waals surface area contributed by atoms with E-state index >= 15 is 0 Å². The minimum atomic E-state index is -0.0792. The number of hydrogen-bond acceptors (Lipinski definition) is 2. The molecule has 1 aromatic heterocycles. The Balaban J connectivity index is 1.88. The number of urea groups is 1. The van der Waals surface area contributed by atoms with Crippen LogP contribution in [0.2, 0.25) is 0 Å². The summed E-state index contributed by atoms with van der Waals surface area (Å²) in [6.07, 6.45) is 12.0. The SMILES string of the molecule is Cc1cnc(CCNC(=O)NCC(C)C)n1C1CCCCCCC1. The third kappa shape index (κ3) is 5.84. The minimum absolute atomic E-state index is 0.0792. The number of amides is 2. The van der Waals surface area contributed by atoms with Gasteiger partial charge in [0, 0.05) is 37.4 Å². The molecule has 0 aliphatic heterocycles. The van der Waals surface area contributed by atoms with Gasteiger partial charge in [-0.15, -0.1) is 0 Å². The number of carbonyl (C=O) groups excluding carboxylic acids is 1. The van der Waals surface area contributed by atoms with Crippen molar-refractivity contribution in [1.29, 1.82) is 0 Å². The maximum absolute atomic E-state index is 11.8. The lowest BCUT2D eigenvalue weighted by Gasteiger charge is -2.24. The molecular weight excluding hydrogens is 300 g/mol. The second-order valence-electron chi connectivity index (χ2n) is 7.47. The molecule has 1 aliphatic rings. The largest absolute Gasteiger partial charge is 0.338 e. The lowest BCUT2D eigenvalue weighted by molar-refractivity contribution is 0.239. The van der Waals surface area contributed by atoms with Gasteiger partial charge in [0.05, 0.1) is 0 Å². The van der Waals surface area contributed by atoms with Gasteiger partial charge in [-0.1, -0.05) is 46.0 Å². The van der Waals surface area contributed by atoms with E-state index in [4.69, 9.17) is 0 Å². The third-order valence-corrected chi connectivity index (χ3v) is 4.80. The molecule has 136 valence electrons. The van der Waals surface area contributed by atoms with Crippen molar-refractivity contribution in [1.82, 2.24) is 20.2 Å².